The van der Waals surface area contributed by atoms with E-state index in [0.29, 0.717) is 16.7 Å². The molecule has 5 N–H and O–H groups in total. The molecular formula is C12H10N6O2. The van der Waals surface area contributed by atoms with Crippen molar-refractivity contribution in [1.82, 2.24) is 19.9 Å². The first-order valence-electron chi connectivity index (χ1n) is 5.73. The molecule has 3 rings (SSSR count). The fourth-order valence-corrected chi connectivity index (χ4v) is 1.82. The number of rotatable bonds is 2. The van der Waals surface area contributed by atoms with Crippen LogP contribution in [0.2, 0.25) is 0 Å². The molecule has 0 bridgehead atoms. The minimum atomic E-state index is -0.465. The molecule has 8 heteroatoms. The first-order chi connectivity index (χ1) is 9.63. The highest BCUT2D eigenvalue weighted by Gasteiger charge is 2.12. The lowest BCUT2D eigenvalue weighted by Gasteiger charge is -2.05. The van der Waals surface area contributed by atoms with Crippen molar-refractivity contribution in [2.24, 2.45) is 0 Å². The Bertz CT molecular complexity index is 850. The largest absolute Gasteiger partial charge is 0.382 e. The Kier molecular flexibility index (Phi) is 2.68. The number of fused-ring (bicyclic) bond motifs is 1. The molecule has 3 aromatic rings. The van der Waals surface area contributed by atoms with Gasteiger partial charge in [0.05, 0.1) is 11.0 Å². The summed E-state index contributed by atoms with van der Waals surface area (Å²) in [5, 5.41) is 2.64. The minimum absolute atomic E-state index is 0.0511. The maximum atomic E-state index is 12.0. The number of aromatic amines is 2. The maximum absolute atomic E-state index is 12.0. The zero-order chi connectivity index (χ0) is 14.1. The van der Waals surface area contributed by atoms with Gasteiger partial charge in [-0.3, -0.25) is 4.79 Å². The third kappa shape index (κ3) is 2.09. The number of imidazole rings is 1. The molecule has 100 valence electrons. The van der Waals surface area contributed by atoms with E-state index in [-0.39, 0.29) is 17.2 Å². The summed E-state index contributed by atoms with van der Waals surface area (Å²) < 4.78 is 0. The number of aromatic nitrogens is 4. The topological polar surface area (TPSA) is 130 Å². The second kappa shape index (κ2) is 4.50. The summed E-state index contributed by atoms with van der Waals surface area (Å²) in [6.45, 7) is 0. The Morgan fingerprint density at radius 1 is 1.15 bits per heavy atom. The van der Waals surface area contributed by atoms with Crippen LogP contribution in [0.5, 0.6) is 0 Å². The van der Waals surface area contributed by atoms with Gasteiger partial charge in [0, 0.05) is 18.1 Å². The van der Waals surface area contributed by atoms with Crippen LogP contribution in [-0.4, -0.2) is 25.8 Å². The van der Waals surface area contributed by atoms with E-state index in [4.69, 9.17) is 5.73 Å². The fourth-order valence-electron chi connectivity index (χ4n) is 1.82. The number of nitrogen functional groups attached to an aromatic ring is 1. The van der Waals surface area contributed by atoms with Crippen molar-refractivity contribution in [3.63, 3.8) is 0 Å². The number of hydrogen-bond donors (Lipinski definition) is 4. The van der Waals surface area contributed by atoms with E-state index in [1.165, 1.54) is 12.4 Å². The van der Waals surface area contributed by atoms with Gasteiger partial charge >= 0.3 is 5.69 Å². The molecule has 0 radical (unpaired) electrons. The van der Waals surface area contributed by atoms with E-state index in [9.17, 15) is 9.59 Å². The summed E-state index contributed by atoms with van der Waals surface area (Å²) in [4.78, 5) is 36.1. The Hall–Kier alpha value is -3.16. The van der Waals surface area contributed by atoms with Crippen LogP contribution < -0.4 is 16.7 Å². The van der Waals surface area contributed by atoms with Crippen LogP contribution >= 0.6 is 0 Å². The average molecular weight is 270 g/mol. The van der Waals surface area contributed by atoms with Crippen molar-refractivity contribution in [2.75, 3.05) is 11.1 Å². The lowest BCUT2D eigenvalue weighted by atomic mass is 10.2. The molecule has 0 aliphatic carbocycles. The van der Waals surface area contributed by atoms with Gasteiger partial charge < -0.3 is 21.0 Å². The van der Waals surface area contributed by atoms with Gasteiger partial charge in [-0.15, -0.1) is 0 Å². The molecule has 8 nitrogen and oxygen atoms in total. The number of benzene rings is 1. The number of amides is 1. The molecule has 2 heterocycles. The second-order valence-corrected chi connectivity index (χ2v) is 4.08. The Balaban J connectivity index is 1.91. The van der Waals surface area contributed by atoms with Crippen LogP contribution in [0, 0.1) is 0 Å². The van der Waals surface area contributed by atoms with Crippen molar-refractivity contribution in [3.05, 3.63) is 46.8 Å². The van der Waals surface area contributed by atoms with Crippen molar-refractivity contribution < 1.29 is 4.79 Å². The van der Waals surface area contributed by atoms with Crippen molar-refractivity contribution >= 4 is 28.4 Å². The first-order valence-corrected chi connectivity index (χ1v) is 5.73. The molecule has 1 amide bonds. The number of nitrogens with zero attached hydrogens (tertiary/aromatic N) is 2. The van der Waals surface area contributed by atoms with Gasteiger partial charge in [-0.25, -0.2) is 14.8 Å². The highest BCUT2D eigenvalue weighted by molar-refractivity contribution is 6.06. The summed E-state index contributed by atoms with van der Waals surface area (Å²) >= 11 is 0. The van der Waals surface area contributed by atoms with Crippen LogP contribution in [0.1, 0.15) is 10.5 Å². The molecule has 0 saturated heterocycles. The summed E-state index contributed by atoms with van der Waals surface area (Å²) in [5.74, 6) is -0.408. The molecule has 2 aromatic heterocycles. The van der Waals surface area contributed by atoms with E-state index in [1.807, 2.05) is 0 Å². The van der Waals surface area contributed by atoms with Gasteiger partial charge in [0.15, 0.2) is 11.5 Å². The number of anilines is 2. The van der Waals surface area contributed by atoms with E-state index >= 15 is 0 Å². The monoisotopic (exact) mass is 270 g/mol. The van der Waals surface area contributed by atoms with Crippen LogP contribution in [-0.2, 0) is 0 Å². The SMILES string of the molecule is Nc1nccnc1C(=O)Nc1ccc2[nH]c(=O)[nH]c2c1. The van der Waals surface area contributed by atoms with E-state index in [1.54, 1.807) is 18.2 Å². The maximum Gasteiger partial charge on any atom is 0.323 e. The number of H-pyrrole nitrogens is 2. The van der Waals surface area contributed by atoms with Crippen LogP contribution in [0.15, 0.2) is 35.4 Å². The lowest BCUT2D eigenvalue weighted by molar-refractivity contribution is 0.102. The van der Waals surface area contributed by atoms with Gasteiger partial charge in [0.25, 0.3) is 5.91 Å². The second-order valence-electron chi connectivity index (χ2n) is 4.08. The number of nitrogens with one attached hydrogen (secondary N) is 3. The molecular weight excluding hydrogens is 260 g/mol. The zero-order valence-electron chi connectivity index (χ0n) is 10.2. The van der Waals surface area contributed by atoms with Crippen molar-refractivity contribution in [1.29, 1.82) is 0 Å². The molecule has 0 aliphatic rings. The molecule has 0 unspecified atom stereocenters. The van der Waals surface area contributed by atoms with E-state index < -0.39 is 5.91 Å². The van der Waals surface area contributed by atoms with Crippen molar-refractivity contribution in [3.8, 4) is 0 Å². The van der Waals surface area contributed by atoms with Crippen LogP contribution in [0.3, 0.4) is 0 Å². The summed E-state index contributed by atoms with van der Waals surface area (Å²) in [7, 11) is 0. The fraction of sp³-hybridized carbons (Fsp3) is 0. The third-order valence-electron chi connectivity index (χ3n) is 2.72. The first kappa shape index (κ1) is 11.9. The highest BCUT2D eigenvalue weighted by Crippen LogP contribution is 2.15. The van der Waals surface area contributed by atoms with Crippen molar-refractivity contribution in [2.45, 2.75) is 0 Å². The smallest absolute Gasteiger partial charge is 0.323 e. The molecule has 0 aliphatic heterocycles. The van der Waals surface area contributed by atoms with Crippen LogP contribution in [0.4, 0.5) is 11.5 Å². The highest BCUT2D eigenvalue weighted by atomic mass is 16.2. The van der Waals surface area contributed by atoms with Gasteiger partial charge in [-0.2, -0.15) is 0 Å². The zero-order valence-corrected chi connectivity index (χ0v) is 10.2. The molecule has 1 aromatic carbocycles. The Morgan fingerprint density at radius 3 is 2.70 bits per heavy atom. The number of nitrogens with two attached hydrogens (primary N) is 1. The predicted molar refractivity (Wildman–Crippen MR) is 73.3 cm³/mol. The third-order valence-corrected chi connectivity index (χ3v) is 2.72. The van der Waals surface area contributed by atoms with Crippen LogP contribution in [0.25, 0.3) is 11.0 Å². The minimum Gasteiger partial charge on any atom is -0.382 e. The molecule has 0 atom stereocenters. The van der Waals surface area contributed by atoms with Gasteiger partial charge in [-0.1, -0.05) is 0 Å². The average Bonchev–Trinajstić information content (AvgIpc) is 2.78. The summed E-state index contributed by atoms with van der Waals surface area (Å²) in [6.07, 6.45) is 2.79. The predicted octanol–water partition coefficient (Wildman–Crippen LogP) is 0.481. The Morgan fingerprint density at radius 2 is 1.90 bits per heavy atom. The van der Waals surface area contributed by atoms with Gasteiger partial charge in [0.1, 0.15) is 0 Å². The molecule has 0 spiro atoms. The molecule has 20 heavy (non-hydrogen) atoms. The molecule has 0 saturated carbocycles. The number of carbonyl (C=O) groups is 1. The number of hydrogen-bond acceptors (Lipinski definition) is 5. The summed E-state index contributed by atoms with van der Waals surface area (Å²) in [5.41, 5.74) is 7.10. The standard InChI is InChI=1S/C12H10N6O2/c13-10-9(14-3-4-15-10)11(19)16-6-1-2-7-8(5-6)18-12(20)17-7/h1-5H,(H2,13,15)(H,16,19)(H2,17,18,20). The number of carbonyl (C=O) groups excluding carboxylic acids is 1. The molecule has 0 fully saturated rings. The van der Waals surface area contributed by atoms with Gasteiger partial charge in [-0.05, 0) is 18.2 Å². The Labute approximate surface area is 112 Å². The summed E-state index contributed by atoms with van der Waals surface area (Å²) in [6, 6.07) is 4.98. The van der Waals surface area contributed by atoms with E-state index in [2.05, 4.69) is 25.3 Å². The quantitative estimate of drug-likeness (QED) is 0.538. The lowest BCUT2D eigenvalue weighted by Crippen LogP contribution is -2.16. The van der Waals surface area contributed by atoms with E-state index in [0.717, 1.165) is 0 Å². The van der Waals surface area contributed by atoms with Gasteiger partial charge in [0.2, 0.25) is 0 Å². The normalized spacial score (nSPS) is 10.6.